The lowest BCUT2D eigenvalue weighted by Gasteiger charge is -2.27. The predicted molar refractivity (Wildman–Crippen MR) is 116 cm³/mol. The van der Waals surface area contributed by atoms with Crippen LogP contribution in [0.25, 0.3) is 11.0 Å². The third-order valence-corrected chi connectivity index (χ3v) is 4.72. The van der Waals surface area contributed by atoms with Crippen LogP contribution in [0.2, 0.25) is 0 Å². The minimum atomic E-state index is -0.568. The summed E-state index contributed by atoms with van der Waals surface area (Å²) in [5, 5.41) is 5.24. The van der Waals surface area contributed by atoms with Gasteiger partial charge in [0.05, 0.1) is 11.9 Å². The molecule has 0 aliphatic carbocycles. The maximum Gasteiger partial charge on any atom is 0.410 e. The molecule has 2 heterocycles. The Bertz CT molecular complexity index is 968. The fourth-order valence-electron chi connectivity index (χ4n) is 2.72. The number of nitrogen functional groups attached to an aromatic ring is 1. The molecule has 8 nitrogen and oxygen atoms in total. The van der Waals surface area contributed by atoms with Gasteiger partial charge in [0.2, 0.25) is 0 Å². The average molecular weight is 494 g/mol. The Morgan fingerprint density at radius 2 is 1.96 bits per heavy atom. The van der Waals surface area contributed by atoms with Crippen LogP contribution in [0.3, 0.4) is 0 Å². The number of halogens is 1. The maximum absolute atomic E-state index is 12.7. The van der Waals surface area contributed by atoms with Crippen molar-refractivity contribution in [2.75, 3.05) is 12.3 Å². The molecule has 1 amide bonds. The second-order valence-corrected chi connectivity index (χ2v) is 8.38. The van der Waals surface area contributed by atoms with E-state index in [0.717, 1.165) is 14.7 Å². The molecule has 0 saturated carbocycles. The topological polar surface area (TPSA) is 99.2 Å². The van der Waals surface area contributed by atoms with Crippen LogP contribution in [0.15, 0.2) is 36.7 Å². The minimum absolute atomic E-state index is 0.364. The number of benzene rings is 1. The summed E-state index contributed by atoms with van der Waals surface area (Å²) in [4.78, 5) is 22.7. The minimum Gasteiger partial charge on any atom is -0.444 e. The highest BCUT2D eigenvalue weighted by atomic mass is 127. The summed E-state index contributed by atoms with van der Waals surface area (Å²) >= 11 is 2.11. The van der Waals surface area contributed by atoms with Crippen LogP contribution < -0.4 is 5.73 Å². The number of hydrogen-bond acceptors (Lipinski definition) is 6. The van der Waals surface area contributed by atoms with E-state index in [1.807, 2.05) is 51.1 Å². The number of carbonyl (C=O) groups excluding carboxylic acids is 1. The van der Waals surface area contributed by atoms with Crippen molar-refractivity contribution in [2.45, 2.75) is 39.5 Å². The van der Waals surface area contributed by atoms with E-state index in [1.54, 1.807) is 9.58 Å². The third kappa shape index (κ3) is 4.89. The molecule has 0 spiro atoms. The van der Waals surface area contributed by atoms with Crippen LogP contribution in [0.4, 0.5) is 10.6 Å². The van der Waals surface area contributed by atoms with Crippen molar-refractivity contribution >= 4 is 45.5 Å². The van der Waals surface area contributed by atoms with Crippen molar-refractivity contribution in [1.82, 2.24) is 24.6 Å². The van der Waals surface area contributed by atoms with Gasteiger partial charge in [0.25, 0.3) is 0 Å². The Kier molecular flexibility index (Phi) is 6.01. The van der Waals surface area contributed by atoms with Crippen molar-refractivity contribution in [3.63, 3.8) is 0 Å². The molecule has 0 radical (unpaired) electrons. The Morgan fingerprint density at radius 3 is 2.64 bits per heavy atom. The van der Waals surface area contributed by atoms with Gasteiger partial charge >= 0.3 is 6.09 Å². The molecular formula is C19H23IN6O2. The molecule has 2 N–H and O–H groups in total. The molecule has 3 rings (SSSR count). The first-order valence-corrected chi connectivity index (χ1v) is 9.97. The summed E-state index contributed by atoms with van der Waals surface area (Å²) in [5.41, 5.74) is 7.07. The number of fused-ring (bicyclic) bond motifs is 1. The van der Waals surface area contributed by atoms with Crippen molar-refractivity contribution in [2.24, 2.45) is 0 Å². The number of amides is 1. The lowest BCUT2D eigenvalue weighted by molar-refractivity contribution is 0.0226. The number of nitrogens with zero attached hydrogens (tertiary/aromatic N) is 5. The Morgan fingerprint density at radius 1 is 1.25 bits per heavy atom. The summed E-state index contributed by atoms with van der Waals surface area (Å²) in [6, 6.07) is 9.82. The molecule has 1 aromatic carbocycles. The molecule has 9 heteroatoms. The van der Waals surface area contributed by atoms with Crippen LogP contribution in [0.5, 0.6) is 0 Å². The number of rotatable bonds is 5. The van der Waals surface area contributed by atoms with Crippen LogP contribution >= 0.6 is 22.6 Å². The van der Waals surface area contributed by atoms with E-state index in [0.29, 0.717) is 31.1 Å². The Hall–Kier alpha value is -2.43. The predicted octanol–water partition coefficient (Wildman–Crippen LogP) is 3.45. The number of hydrogen-bond donors (Lipinski definition) is 1. The Labute approximate surface area is 177 Å². The van der Waals surface area contributed by atoms with E-state index in [2.05, 4.69) is 37.7 Å². The van der Waals surface area contributed by atoms with Crippen molar-refractivity contribution in [3.05, 3.63) is 45.9 Å². The van der Waals surface area contributed by atoms with Gasteiger partial charge in [-0.3, -0.25) is 0 Å². The molecule has 0 unspecified atom stereocenters. The van der Waals surface area contributed by atoms with Gasteiger partial charge in [-0.05, 0) is 48.9 Å². The normalized spacial score (nSPS) is 11.6. The van der Waals surface area contributed by atoms with E-state index < -0.39 is 5.60 Å². The number of anilines is 1. The van der Waals surface area contributed by atoms with E-state index in [4.69, 9.17) is 10.5 Å². The van der Waals surface area contributed by atoms with Gasteiger partial charge < -0.3 is 15.4 Å². The van der Waals surface area contributed by atoms with Crippen molar-refractivity contribution in [3.8, 4) is 0 Å². The lowest BCUT2D eigenvalue weighted by Crippen LogP contribution is -2.38. The standard InChI is InChI=1S/C19H23IN6O2/c1-19(2,3)28-18(27)25(11-13-7-5-4-6-8-13)9-10-26-17-14(15(20)24-26)16(21)22-12-23-17/h4-8,12H,9-11H2,1-3H3,(H2,21,22,23). The maximum atomic E-state index is 12.7. The first kappa shape index (κ1) is 20.3. The zero-order valence-electron chi connectivity index (χ0n) is 16.1. The molecule has 3 aromatic rings. The molecule has 0 bridgehead atoms. The molecule has 28 heavy (non-hydrogen) atoms. The zero-order chi connectivity index (χ0) is 20.3. The highest BCUT2D eigenvalue weighted by Crippen LogP contribution is 2.22. The first-order chi connectivity index (χ1) is 13.2. The van der Waals surface area contributed by atoms with Gasteiger partial charge in [0, 0.05) is 13.1 Å². The molecule has 0 aliphatic heterocycles. The van der Waals surface area contributed by atoms with Crippen molar-refractivity contribution < 1.29 is 9.53 Å². The second-order valence-electron chi connectivity index (χ2n) is 7.36. The number of aromatic nitrogens is 4. The van der Waals surface area contributed by atoms with Gasteiger partial charge in [-0.2, -0.15) is 5.10 Å². The smallest absolute Gasteiger partial charge is 0.410 e. The monoisotopic (exact) mass is 494 g/mol. The molecule has 0 aliphatic rings. The zero-order valence-corrected chi connectivity index (χ0v) is 18.3. The average Bonchev–Trinajstić information content (AvgIpc) is 2.95. The van der Waals surface area contributed by atoms with Gasteiger partial charge in [0.15, 0.2) is 5.65 Å². The summed E-state index contributed by atoms with van der Waals surface area (Å²) < 4.78 is 8.06. The second kappa shape index (κ2) is 8.29. The molecule has 0 atom stereocenters. The van der Waals surface area contributed by atoms with Crippen LogP contribution in [-0.4, -0.2) is 42.9 Å². The summed E-state index contributed by atoms with van der Waals surface area (Å²) in [6.07, 6.45) is 1.05. The molecule has 2 aromatic heterocycles. The van der Waals surface area contributed by atoms with E-state index in [-0.39, 0.29) is 6.09 Å². The summed E-state index contributed by atoms with van der Waals surface area (Å²) in [5.74, 6) is 0.397. The molecular weight excluding hydrogens is 471 g/mol. The largest absolute Gasteiger partial charge is 0.444 e. The van der Waals surface area contributed by atoms with Gasteiger partial charge in [-0.25, -0.2) is 19.4 Å². The fraction of sp³-hybridized carbons (Fsp3) is 0.368. The molecule has 0 fully saturated rings. The molecule has 148 valence electrons. The van der Waals surface area contributed by atoms with Crippen molar-refractivity contribution in [1.29, 1.82) is 0 Å². The van der Waals surface area contributed by atoms with Gasteiger partial charge in [-0.1, -0.05) is 30.3 Å². The summed E-state index contributed by atoms with van der Waals surface area (Å²) in [7, 11) is 0. The number of ether oxygens (including phenoxy) is 1. The highest BCUT2D eigenvalue weighted by molar-refractivity contribution is 14.1. The summed E-state index contributed by atoms with van der Waals surface area (Å²) in [6.45, 7) is 6.89. The SMILES string of the molecule is CC(C)(C)OC(=O)N(CCn1nc(I)c2c(N)ncnc21)Cc1ccccc1. The number of nitrogens with two attached hydrogens (primary N) is 1. The molecule has 0 saturated heterocycles. The third-order valence-electron chi connectivity index (χ3n) is 3.97. The first-order valence-electron chi connectivity index (χ1n) is 8.89. The highest BCUT2D eigenvalue weighted by Gasteiger charge is 2.23. The number of carbonyl (C=O) groups is 1. The van der Waals surface area contributed by atoms with Crippen LogP contribution in [-0.2, 0) is 17.8 Å². The van der Waals surface area contributed by atoms with Gasteiger partial charge in [-0.15, -0.1) is 0 Å². The van der Waals surface area contributed by atoms with Gasteiger partial charge in [0.1, 0.15) is 21.4 Å². The lowest BCUT2D eigenvalue weighted by atomic mass is 10.2. The fourth-order valence-corrected chi connectivity index (χ4v) is 3.50. The van der Waals surface area contributed by atoms with Crippen LogP contribution in [0.1, 0.15) is 26.3 Å². The van der Waals surface area contributed by atoms with E-state index in [1.165, 1.54) is 6.33 Å². The quantitative estimate of drug-likeness (QED) is 0.546. The van der Waals surface area contributed by atoms with E-state index >= 15 is 0 Å². The Balaban J connectivity index is 1.81. The van der Waals surface area contributed by atoms with E-state index in [9.17, 15) is 4.79 Å². The van der Waals surface area contributed by atoms with Crippen LogP contribution in [0, 0.1) is 3.70 Å².